The van der Waals surface area contributed by atoms with Crippen molar-refractivity contribution in [3.8, 4) is 0 Å². The molecule has 98 valence electrons. The zero-order chi connectivity index (χ0) is 13.3. The van der Waals surface area contributed by atoms with Crippen molar-refractivity contribution in [2.75, 3.05) is 0 Å². The van der Waals surface area contributed by atoms with Gasteiger partial charge in [0.2, 0.25) is 0 Å². The van der Waals surface area contributed by atoms with Crippen LogP contribution < -0.4 is 0 Å². The van der Waals surface area contributed by atoms with Gasteiger partial charge in [-0.25, -0.2) is 10.0 Å². The van der Waals surface area contributed by atoms with Gasteiger partial charge in [0.25, 0.3) is 5.91 Å². The summed E-state index contributed by atoms with van der Waals surface area (Å²) in [7, 11) is 0. The average Bonchev–Trinajstić information content (AvgIpc) is 2.64. The monoisotopic (exact) mass is 249 g/mol. The molecule has 0 saturated carbocycles. The normalized spacial score (nSPS) is 24.8. The summed E-state index contributed by atoms with van der Waals surface area (Å²) >= 11 is 0. The minimum atomic E-state index is -0.747. The van der Waals surface area contributed by atoms with E-state index in [0.29, 0.717) is 12.0 Å². The van der Waals surface area contributed by atoms with E-state index in [9.17, 15) is 9.90 Å². The van der Waals surface area contributed by atoms with Gasteiger partial charge in [0.05, 0.1) is 0 Å². The molecule has 1 aromatic rings. The molecule has 1 N–H and O–H groups in total. The van der Waals surface area contributed by atoms with E-state index in [2.05, 4.69) is 4.98 Å². The molecule has 1 amide bonds. The molecule has 0 aliphatic carbocycles. The number of aliphatic hydroxyl groups excluding tert-OH is 1. The zero-order valence-corrected chi connectivity index (χ0v) is 10.9. The first-order valence-electron chi connectivity index (χ1n) is 6.22. The van der Waals surface area contributed by atoms with Gasteiger partial charge in [0.1, 0.15) is 6.23 Å². The summed E-state index contributed by atoms with van der Waals surface area (Å²) in [5.41, 5.74) is 0.545. The lowest BCUT2D eigenvalue weighted by molar-refractivity contribution is -0.0780. The topological polar surface area (TPSA) is 56.7 Å². The molecule has 0 aromatic carbocycles. The van der Waals surface area contributed by atoms with E-state index in [1.54, 1.807) is 24.5 Å². The Labute approximate surface area is 107 Å². The molecule has 1 aromatic heterocycles. The van der Waals surface area contributed by atoms with Gasteiger partial charge in [0, 0.05) is 36.5 Å². The third-order valence-corrected chi connectivity index (χ3v) is 3.20. The molecule has 0 spiro atoms. The lowest BCUT2D eigenvalue weighted by Gasteiger charge is -2.35. The average molecular weight is 249 g/mol. The van der Waals surface area contributed by atoms with Crippen molar-refractivity contribution in [1.82, 2.24) is 15.0 Å². The van der Waals surface area contributed by atoms with Crippen LogP contribution >= 0.6 is 0 Å². The Balaban J connectivity index is 2.28. The number of carbonyl (C=O) groups excluding carboxylic acids is 1. The van der Waals surface area contributed by atoms with Gasteiger partial charge in [-0.15, -0.1) is 0 Å². The summed E-state index contributed by atoms with van der Waals surface area (Å²) in [6.07, 6.45) is 3.00. The van der Waals surface area contributed by atoms with Gasteiger partial charge < -0.3 is 5.11 Å². The first-order chi connectivity index (χ1) is 8.52. The second-order valence-corrected chi connectivity index (χ2v) is 4.92. The fourth-order valence-corrected chi connectivity index (χ4v) is 2.50. The van der Waals surface area contributed by atoms with Crippen LogP contribution in [0.25, 0.3) is 0 Å². The van der Waals surface area contributed by atoms with Crippen LogP contribution in [0.2, 0.25) is 0 Å². The summed E-state index contributed by atoms with van der Waals surface area (Å²) in [5.74, 6) is -0.178. The standard InChI is InChI=1S/C13H19N3O2/c1-9(2)15-10(3)8-12(17)16(15)13(18)11-4-6-14-7-5-11/h4-7,9-10,12,17H,8H2,1-3H3/t10-,12-/m1/s1. The van der Waals surface area contributed by atoms with E-state index in [1.807, 2.05) is 25.8 Å². The fraction of sp³-hybridized carbons (Fsp3) is 0.538. The summed E-state index contributed by atoms with van der Waals surface area (Å²) in [6, 6.07) is 3.65. The second-order valence-electron chi connectivity index (χ2n) is 4.92. The van der Waals surface area contributed by atoms with Crippen LogP contribution in [0.3, 0.4) is 0 Å². The van der Waals surface area contributed by atoms with Crippen molar-refractivity contribution in [2.45, 2.75) is 45.5 Å². The Morgan fingerprint density at radius 2 is 2.06 bits per heavy atom. The third kappa shape index (κ3) is 2.23. The minimum absolute atomic E-state index is 0.158. The molecule has 2 atom stereocenters. The number of pyridine rings is 1. The number of aliphatic hydroxyl groups is 1. The van der Waals surface area contributed by atoms with Crippen LogP contribution in [0.5, 0.6) is 0 Å². The highest BCUT2D eigenvalue weighted by Gasteiger charge is 2.40. The first kappa shape index (κ1) is 13.0. The highest BCUT2D eigenvalue weighted by molar-refractivity contribution is 5.94. The Bertz CT molecular complexity index is 422. The molecule has 1 fully saturated rings. The Morgan fingerprint density at radius 1 is 1.44 bits per heavy atom. The molecule has 0 unspecified atom stereocenters. The summed E-state index contributed by atoms with van der Waals surface area (Å²) in [4.78, 5) is 16.3. The molecule has 2 heterocycles. The molecule has 18 heavy (non-hydrogen) atoms. The summed E-state index contributed by atoms with van der Waals surface area (Å²) in [5, 5.41) is 13.5. The number of aromatic nitrogens is 1. The Kier molecular flexibility index (Phi) is 3.63. The van der Waals surface area contributed by atoms with E-state index < -0.39 is 6.23 Å². The number of hydrogen-bond acceptors (Lipinski definition) is 4. The van der Waals surface area contributed by atoms with E-state index >= 15 is 0 Å². The SMILES string of the molecule is CC(C)N1[C@H](C)C[C@@H](O)N1C(=O)c1ccncc1. The molecule has 5 nitrogen and oxygen atoms in total. The van der Waals surface area contributed by atoms with E-state index in [4.69, 9.17) is 0 Å². The van der Waals surface area contributed by atoms with Crippen molar-refractivity contribution in [3.63, 3.8) is 0 Å². The quantitative estimate of drug-likeness (QED) is 0.857. The lowest BCUT2D eigenvalue weighted by atomic mass is 10.2. The zero-order valence-electron chi connectivity index (χ0n) is 10.9. The molecular formula is C13H19N3O2. The first-order valence-corrected chi connectivity index (χ1v) is 6.22. The lowest BCUT2D eigenvalue weighted by Crippen LogP contribution is -2.50. The summed E-state index contributed by atoms with van der Waals surface area (Å²) in [6.45, 7) is 6.05. The number of carbonyl (C=O) groups is 1. The van der Waals surface area contributed by atoms with Gasteiger partial charge in [-0.3, -0.25) is 9.78 Å². The predicted molar refractivity (Wildman–Crippen MR) is 67.5 cm³/mol. The van der Waals surface area contributed by atoms with Crippen LogP contribution in [0.1, 0.15) is 37.6 Å². The number of amides is 1. The smallest absolute Gasteiger partial charge is 0.270 e. The predicted octanol–water partition coefficient (Wildman–Crippen LogP) is 1.26. The maximum Gasteiger partial charge on any atom is 0.270 e. The number of hydrogen-bond donors (Lipinski definition) is 1. The number of rotatable bonds is 2. The van der Waals surface area contributed by atoms with Gasteiger partial charge in [0.15, 0.2) is 0 Å². The van der Waals surface area contributed by atoms with Crippen molar-refractivity contribution >= 4 is 5.91 Å². The number of nitrogens with zero attached hydrogens (tertiary/aromatic N) is 3. The van der Waals surface area contributed by atoms with E-state index in [1.165, 1.54) is 5.01 Å². The van der Waals surface area contributed by atoms with Crippen molar-refractivity contribution in [3.05, 3.63) is 30.1 Å². The van der Waals surface area contributed by atoms with Crippen molar-refractivity contribution < 1.29 is 9.90 Å². The fourth-order valence-electron chi connectivity index (χ4n) is 2.50. The largest absolute Gasteiger partial charge is 0.372 e. The van der Waals surface area contributed by atoms with Crippen molar-refractivity contribution in [1.29, 1.82) is 0 Å². The van der Waals surface area contributed by atoms with Gasteiger partial charge >= 0.3 is 0 Å². The maximum atomic E-state index is 12.4. The molecule has 5 heteroatoms. The van der Waals surface area contributed by atoms with Crippen LogP contribution in [0.4, 0.5) is 0 Å². The highest BCUT2D eigenvalue weighted by atomic mass is 16.3. The Morgan fingerprint density at radius 3 is 2.61 bits per heavy atom. The molecular weight excluding hydrogens is 230 g/mol. The highest BCUT2D eigenvalue weighted by Crippen LogP contribution is 2.27. The van der Waals surface area contributed by atoms with Crippen LogP contribution in [-0.2, 0) is 0 Å². The van der Waals surface area contributed by atoms with Crippen LogP contribution in [-0.4, -0.2) is 44.3 Å². The van der Waals surface area contributed by atoms with Gasteiger partial charge in [-0.05, 0) is 32.9 Å². The maximum absolute atomic E-state index is 12.4. The third-order valence-electron chi connectivity index (χ3n) is 3.20. The Hall–Kier alpha value is -1.46. The second kappa shape index (κ2) is 5.04. The molecule has 0 radical (unpaired) electrons. The molecule has 1 saturated heterocycles. The molecule has 1 aliphatic heterocycles. The van der Waals surface area contributed by atoms with Gasteiger partial charge in [-0.1, -0.05) is 0 Å². The van der Waals surface area contributed by atoms with Gasteiger partial charge in [-0.2, -0.15) is 0 Å². The summed E-state index contributed by atoms with van der Waals surface area (Å²) < 4.78 is 0. The molecule has 1 aliphatic rings. The van der Waals surface area contributed by atoms with Crippen molar-refractivity contribution in [2.24, 2.45) is 0 Å². The number of hydrazine groups is 1. The van der Waals surface area contributed by atoms with E-state index in [0.717, 1.165) is 0 Å². The van der Waals surface area contributed by atoms with Crippen LogP contribution in [0, 0.1) is 0 Å². The minimum Gasteiger partial charge on any atom is -0.372 e. The van der Waals surface area contributed by atoms with E-state index in [-0.39, 0.29) is 18.0 Å². The molecule has 2 rings (SSSR count). The molecule has 0 bridgehead atoms. The van der Waals surface area contributed by atoms with Crippen LogP contribution in [0.15, 0.2) is 24.5 Å².